The summed E-state index contributed by atoms with van der Waals surface area (Å²) in [5.41, 5.74) is -6.45. The molecule has 4 fully saturated rings. The van der Waals surface area contributed by atoms with Crippen LogP contribution in [0.15, 0.2) is 35.2 Å². The van der Waals surface area contributed by atoms with E-state index in [9.17, 15) is 43.8 Å². The number of hydrogen-bond donors (Lipinski definition) is 2. The van der Waals surface area contributed by atoms with Crippen LogP contribution in [-0.2, 0) is 71.5 Å². The van der Waals surface area contributed by atoms with Crippen LogP contribution in [0, 0.1) is 34.5 Å². The summed E-state index contributed by atoms with van der Waals surface area (Å²) in [6.07, 6.45) is -8.82. The Morgan fingerprint density at radius 3 is 2.07 bits per heavy atom. The highest BCUT2D eigenvalue weighted by Gasteiger charge is 2.88. The predicted molar refractivity (Wildman–Crippen MR) is 202 cm³/mol. The van der Waals surface area contributed by atoms with E-state index in [1.54, 1.807) is 47.6 Å². The Bertz CT molecular complexity index is 1850. The van der Waals surface area contributed by atoms with Crippen molar-refractivity contribution in [3.63, 3.8) is 0 Å². The molecule has 332 valence electrons. The van der Waals surface area contributed by atoms with Gasteiger partial charge in [0.1, 0.15) is 48.3 Å². The lowest BCUT2D eigenvalue weighted by Gasteiger charge is -2.59. The molecular formula is C42H56O18. The lowest BCUT2D eigenvalue weighted by atomic mass is 9.47. The molecule has 60 heavy (non-hydrogen) atoms. The van der Waals surface area contributed by atoms with Crippen LogP contribution < -0.4 is 0 Å². The molecule has 0 unspecified atom stereocenters. The summed E-state index contributed by atoms with van der Waals surface area (Å²) in [4.78, 5) is 93.0. The van der Waals surface area contributed by atoms with Crippen LogP contribution in [0.3, 0.4) is 0 Å². The quantitative estimate of drug-likeness (QED) is 0.0846. The SMILES string of the molecule is C=C1[C@@H]([C@@]2(C)[C@@H](OC(C)=O)CC(=O)O[C@](C)(COC(C)=O)[C@@H]2CC(=O)OC)[C@@H](OC=O)[C@H](OC(=O)[C@H](O)C(C)C)[C@@]2(C)[C@@H](c3ccoc3)[C@@H](OC(=O)[C@H](O)C(C)C)[C@H]3O[C@]132. The molecule has 0 radical (unpaired) electrons. The van der Waals surface area contributed by atoms with Gasteiger partial charge in [0.05, 0.1) is 37.9 Å². The molecule has 1 aromatic heterocycles. The number of aliphatic hydroxyl groups is 2. The second-order valence-electron chi connectivity index (χ2n) is 17.5. The molecule has 2 saturated carbocycles. The van der Waals surface area contributed by atoms with Gasteiger partial charge in [0.25, 0.3) is 6.47 Å². The summed E-state index contributed by atoms with van der Waals surface area (Å²) in [5.74, 6) is -10.4. The minimum absolute atomic E-state index is 0.103. The predicted octanol–water partition coefficient (Wildman–Crippen LogP) is 2.49. The number of cyclic esters (lactones) is 1. The number of esters is 6. The third-order valence-corrected chi connectivity index (χ3v) is 13.2. The molecule has 0 amide bonds. The molecule has 0 bridgehead atoms. The summed E-state index contributed by atoms with van der Waals surface area (Å²) in [5, 5.41) is 21.9. The average molecular weight is 849 g/mol. The fourth-order valence-electron chi connectivity index (χ4n) is 10.3. The molecule has 2 aliphatic heterocycles. The highest BCUT2D eigenvalue weighted by molar-refractivity contribution is 5.77. The number of rotatable bonds is 15. The Morgan fingerprint density at radius 2 is 1.55 bits per heavy atom. The number of methoxy groups -OCH3 is 1. The number of hydrogen-bond acceptors (Lipinski definition) is 18. The Hall–Kier alpha value is -4.81. The Balaban J connectivity index is 1.86. The van der Waals surface area contributed by atoms with E-state index in [0.29, 0.717) is 5.56 Å². The first-order chi connectivity index (χ1) is 28.0. The first-order valence-corrected chi connectivity index (χ1v) is 19.8. The second-order valence-corrected chi connectivity index (χ2v) is 17.5. The van der Waals surface area contributed by atoms with E-state index in [0.717, 1.165) is 21.0 Å². The van der Waals surface area contributed by atoms with Gasteiger partial charge in [0.15, 0.2) is 12.2 Å². The summed E-state index contributed by atoms with van der Waals surface area (Å²) in [7, 11) is 1.13. The van der Waals surface area contributed by atoms with E-state index in [1.165, 1.54) is 19.5 Å². The number of aliphatic hydroxyl groups excluding tert-OH is 2. The molecule has 4 aliphatic rings. The van der Waals surface area contributed by atoms with Gasteiger partial charge in [0, 0.05) is 37.0 Å². The molecule has 2 saturated heterocycles. The molecule has 0 aromatic carbocycles. The molecule has 5 rings (SSSR count). The minimum atomic E-state index is -1.88. The van der Waals surface area contributed by atoms with Crippen molar-refractivity contribution >= 4 is 42.3 Å². The third kappa shape index (κ3) is 7.59. The highest BCUT2D eigenvalue weighted by Crippen LogP contribution is 2.77. The summed E-state index contributed by atoms with van der Waals surface area (Å²) >= 11 is 0. The van der Waals surface area contributed by atoms with Gasteiger partial charge >= 0.3 is 35.8 Å². The first-order valence-electron chi connectivity index (χ1n) is 19.8. The largest absolute Gasteiger partial charge is 0.472 e. The maximum absolute atomic E-state index is 14.1. The Labute approximate surface area is 347 Å². The summed E-state index contributed by atoms with van der Waals surface area (Å²) in [6, 6.07) is 1.60. The van der Waals surface area contributed by atoms with Gasteiger partial charge in [-0.05, 0) is 36.0 Å². The van der Waals surface area contributed by atoms with Crippen molar-refractivity contribution in [3.05, 3.63) is 36.3 Å². The molecule has 3 heterocycles. The van der Waals surface area contributed by atoms with Crippen LogP contribution in [0.1, 0.15) is 86.6 Å². The van der Waals surface area contributed by atoms with Gasteiger partial charge in [-0.25, -0.2) is 9.59 Å². The van der Waals surface area contributed by atoms with Gasteiger partial charge in [-0.1, -0.05) is 48.1 Å². The molecule has 2 aliphatic carbocycles. The number of epoxide rings is 1. The van der Waals surface area contributed by atoms with Crippen molar-refractivity contribution in [3.8, 4) is 0 Å². The van der Waals surface area contributed by atoms with E-state index < -0.39 is 150 Å². The van der Waals surface area contributed by atoms with Gasteiger partial charge in [-0.3, -0.25) is 24.0 Å². The van der Waals surface area contributed by atoms with Gasteiger partial charge in [-0.2, -0.15) is 0 Å². The van der Waals surface area contributed by atoms with Crippen LogP contribution in [0.2, 0.25) is 0 Å². The minimum Gasteiger partial charge on any atom is -0.472 e. The fourth-order valence-corrected chi connectivity index (χ4v) is 10.3. The highest BCUT2D eigenvalue weighted by atomic mass is 16.7. The summed E-state index contributed by atoms with van der Waals surface area (Å²) in [6.45, 7) is 17.3. The molecule has 18 heteroatoms. The molecular weight excluding hydrogens is 792 g/mol. The lowest BCUT2D eigenvalue weighted by molar-refractivity contribution is -0.228. The monoisotopic (exact) mass is 848 g/mol. The van der Waals surface area contributed by atoms with Crippen molar-refractivity contribution in [2.24, 2.45) is 34.5 Å². The summed E-state index contributed by atoms with van der Waals surface area (Å²) < 4.78 is 53.0. The third-order valence-electron chi connectivity index (χ3n) is 13.2. The second kappa shape index (κ2) is 16.9. The van der Waals surface area contributed by atoms with Crippen LogP contribution in [0.25, 0.3) is 0 Å². The van der Waals surface area contributed by atoms with E-state index >= 15 is 0 Å². The lowest BCUT2D eigenvalue weighted by Crippen LogP contribution is -2.68. The number of ether oxygens (including phenoxy) is 8. The normalized spacial score (nSPS) is 36.7. The standard InChI is InChI=1S/C42H56O18/c1-19(2)31(48)37(50)57-34-30(24-12-13-53-16-24)41(10)35(58-38(51)32(49)20(3)4)33(55-18-43)29(21(5)42(41)36(34)60-42)40(9)25(14-27(46)52-11)39(8,17-54-22(6)44)59-28(47)15-26(40)56-23(7)45/h12-13,16,18-20,25-26,29-36,48-49H,5,14-15,17H2,1-4,6-11H3/t25-,26-,29+,30-,31+,32+,33+,34+,35-,36+,39+,40+,41+,42+/m0/s1. The molecule has 1 aromatic rings. The van der Waals surface area contributed by atoms with E-state index in [4.69, 9.17) is 42.3 Å². The molecule has 2 N–H and O–H groups in total. The topological polar surface area (TPSA) is 250 Å². The van der Waals surface area contributed by atoms with Crippen LogP contribution in [0.5, 0.6) is 0 Å². The van der Waals surface area contributed by atoms with E-state index in [1.807, 2.05) is 0 Å². The van der Waals surface area contributed by atoms with Gasteiger partial charge in [-0.15, -0.1) is 0 Å². The maximum atomic E-state index is 14.1. The van der Waals surface area contributed by atoms with Crippen molar-refractivity contribution in [1.29, 1.82) is 0 Å². The van der Waals surface area contributed by atoms with Crippen molar-refractivity contribution in [2.75, 3.05) is 13.7 Å². The zero-order chi connectivity index (χ0) is 44.9. The average Bonchev–Trinajstić information content (AvgIpc) is 3.64. The van der Waals surface area contributed by atoms with Crippen molar-refractivity contribution in [1.82, 2.24) is 0 Å². The molecule has 14 atom stereocenters. The zero-order valence-corrected chi connectivity index (χ0v) is 35.5. The Kier molecular flexibility index (Phi) is 13.0. The maximum Gasteiger partial charge on any atom is 0.335 e. The number of furan rings is 1. The van der Waals surface area contributed by atoms with Crippen LogP contribution in [0.4, 0.5) is 0 Å². The zero-order valence-electron chi connectivity index (χ0n) is 35.5. The van der Waals surface area contributed by atoms with E-state index in [2.05, 4.69) is 6.58 Å². The number of carbonyl (C=O) groups excluding carboxylic acids is 7. The van der Waals surface area contributed by atoms with E-state index in [-0.39, 0.29) is 12.0 Å². The smallest absolute Gasteiger partial charge is 0.335 e. The molecule has 18 nitrogen and oxygen atoms in total. The van der Waals surface area contributed by atoms with Crippen molar-refractivity contribution in [2.45, 2.75) is 135 Å². The number of carbonyl (C=O) groups is 7. The Morgan fingerprint density at radius 1 is 0.933 bits per heavy atom. The van der Waals surface area contributed by atoms with Crippen LogP contribution in [-0.4, -0.2) is 120 Å². The van der Waals surface area contributed by atoms with Crippen LogP contribution >= 0.6 is 0 Å². The molecule has 1 spiro atoms. The van der Waals surface area contributed by atoms with Gasteiger partial charge in [0.2, 0.25) is 0 Å². The fraction of sp³-hybridized carbons (Fsp3) is 0.690. The van der Waals surface area contributed by atoms with Crippen molar-refractivity contribution < 1.29 is 86.1 Å². The first kappa shape index (κ1) is 46.3. The van der Waals surface area contributed by atoms with Gasteiger partial charge < -0.3 is 52.5 Å².